The SMILES string of the molecule is O=C(NCc1nn[nH]n1)c1ccc(F)cc1Cl. The van der Waals surface area contributed by atoms with Crippen molar-refractivity contribution in [1.82, 2.24) is 25.9 Å². The van der Waals surface area contributed by atoms with Gasteiger partial charge in [-0.3, -0.25) is 4.79 Å². The Morgan fingerprint density at radius 2 is 2.35 bits per heavy atom. The summed E-state index contributed by atoms with van der Waals surface area (Å²) >= 11 is 5.73. The fourth-order valence-corrected chi connectivity index (χ4v) is 1.44. The molecule has 0 fully saturated rings. The van der Waals surface area contributed by atoms with E-state index < -0.39 is 11.7 Å². The van der Waals surface area contributed by atoms with Crippen molar-refractivity contribution in [3.05, 3.63) is 40.4 Å². The summed E-state index contributed by atoms with van der Waals surface area (Å²) in [7, 11) is 0. The molecule has 6 nitrogen and oxygen atoms in total. The number of hydrogen-bond acceptors (Lipinski definition) is 4. The third-order valence-electron chi connectivity index (χ3n) is 1.97. The van der Waals surface area contributed by atoms with E-state index in [1.54, 1.807) is 0 Å². The van der Waals surface area contributed by atoms with Crippen molar-refractivity contribution < 1.29 is 9.18 Å². The Hall–Kier alpha value is -2.02. The van der Waals surface area contributed by atoms with Crippen LogP contribution in [0.15, 0.2) is 18.2 Å². The van der Waals surface area contributed by atoms with Crippen LogP contribution in [-0.4, -0.2) is 26.5 Å². The smallest absolute Gasteiger partial charge is 0.253 e. The highest BCUT2D eigenvalue weighted by Crippen LogP contribution is 2.16. The summed E-state index contributed by atoms with van der Waals surface area (Å²) in [5.74, 6) is -0.582. The third-order valence-corrected chi connectivity index (χ3v) is 2.28. The van der Waals surface area contributed by atoms with Gasteiger partial charge in [0, 0.05) is 0 Å². The Balaban J connectivity index is 2.04. The number of aromatic amines is 1. The van der Waals surface area contributed by atoms with Crippen molar-refractivity contribution in [2.45, 2.75) is 6.54 Å². The number of H-pyrrole nitrogens is 1. The lowest BCUT2D eigenvalue weighted by molar-refractivity contribution is 0.0950. The second kappa shape index (κ2) is 4.88. The van der Waals surface area contributed by atoms with E-state index >= 15 is 0 Å². The Labute approximate surface area is 100 Å². The van der Waals surface area contributed by atoms with Crippen LogP contribution in [0.25, 0.3) is 0 Å². The minimum absolute atomic E-state index is 0.0515. The number of hydrogen-bond donors (Lipinski definition) is 2. The number of carbonyl (C=O) groups is 1. The molecule has 2 rings (SSSR count). The van der Waals surface area contributed by atoms with Gasteiger partial charge in [0.15, 0.2) is 5.82 Å². The van der Waals surface area contributed by atoms with Crippen LogP contribution in [0.5, 0.6) is 0 Å². The zero-order valence-corrected chi connectivity index (χ0v) is 9.20. The zero-order chi connectivity index (χ0) is 12.3. The minimum atomic E-state index is -0.496. The van der Waals surface area contributed by atoms with Gasteiger partial charge < -0.3 is 5.32 Å². The van der Waals surface area contributed by atoms with E-state index in [9.17, 15) is 9.18 Å². The Bertz CT molecular complexity index is 530. The van der Waals surface area contributed by atoms with Crippen molar-refractivity contribution in [3.63, 3.8) is 0 Å². The lowest BCUT2D eigenvalue weighted by Gasteiger charge is -2.04. The van der Waals surface area contributed by atoms with Gasteiger partial charge in [-0.25, -0.2) is 4.39 Å². The lowest BCUT2D eigenvalue weighted by Crippen LogP contribution is -2.23. The van der Waals surface area contributed by atoms with E-state index in [0.717, 1.165) is 12.1 Å². The van der Waals surface area contributed by atoms with Crippen LogP contribution in [0.4, 0.5) is 4.39 Å². The van der Waals surface area contributed by atoms with E-state index in [-0.39, 0.29) is 17.1 Å². The average molecular weight is 256 g/mol. The van der Waals surface area contributed by atoms with Crippen molar-refractivity contribution in [2.24, 2.45) is 0 Å². The number of aromatic nitrogens is 4. The number of amides is 1. The molecule has 1 heterocycles. The molecule has 1 aromatic carbocycles. The second-order valence-corrected chi connectivity index (χ2v) is 3.54. The summed E-state index contributed by atoms with van der Waals surface area (Å²) in [6.45, 7) is 0.114. The topological polar surface area (TPSA) is 83.6 Å². The van der Waals surface area contributed by atoms with E-state index in [0.29, 0.717) is 5.82 Å². The van der Waals surface area contributed by atoms with Crippen LogP contribution in [0.1, 0.15) is 16.2 Å². The van der Waals surface area contributed by atoms with E-state index in [2.05, 4.69) is 25.9 Å². The predicted octanol–water partition coefficient (Wildman–Crippen LogP) is 0.922. The first-order valence-electron chi connectivity index (χ1n) is 4.62. The molecule has 0 aliphatic heterocycles. The molecule has 1 aromatic heterocycles. The maximum Gasteiger partial charge on any atom is 0.253 e. The standard InChI is InChI=1S/C9H7ClFN5O/c10-7-3-5(11)1-2-6(7)9(17)12-4-8-13-15-16-14-8/h1-3H,4H2,(H,12,17)(H,13,14,15,16). The third kappa shape index (κ3) is 2.76. The number of tetrazole rings is 1. The van der Waals surface area contributed by atoms with Crippen LogP contribution in [0, 0.1) is 5.82 Å². The van der Waals surface area contributed by atoms with Gasteiger partial charge in [-0.05, 0) is 18.2 Å². The first-order valence-corrected chi connectivity index (χ1v) is 5.00. The fourth-order valence-electron chi connectivity index (χ4n) is 1.19. The molecule has 0 bridgehead atoms. The maximum absolute atomic E-state index is 12.8. The van der Waals surface area contributed by atoms with E-state index in [4.69, 9.17) is 11.6 Å². The minimum Gasteiger partial charge on any atom is -0.345 e. The largest absolute Gasteiger partial charge is 0.345 e. The van der Waals surface area contributed by atoms with Crippen LogP contribution >= 0.6 is 11.6 Å². The van der Waals surface area contributed by atoms with Gasteiger partial charge in [-0.2, -0.15) is 5.21 Å². The Morgan fingerprint density at radius 1 is 1.53 bits per heavy atom. The van der Waals surface area contributed by atoms with Gasteiger partial charge in [0.05, 0.1) is 17.1 Å². The summed E-state index contributed by atoms with van der Waals surface area (Å²) in [6.07, 6.45) is 0. The molecule has 2 N–H and O–H groups in total. The molecule has 0 atom stereocenters. The molecule has 0 unspecified atom stereocenters. The highest BCUT2D eigenvalue weighted by atomic mass is 35.5. The second-order valence-electron chi connectivity index (χ2n) is 3.13. The zero-order valence-electron chi connectivity index (χ0n) is 8.44. The Kier molecular flexibility index (Phi) is 3.29. The highest BCUT2D eigenvalue weighted by Gasteiger charge is 2.11. The van der Waals surface area contributed by atoms with E-state index in [1.807, 2.05) is 0 Å². The molecule has 88 valence electrons. The molecule has 0 aliphatic rings. The van der Waals surface area contributed by atoms with Gasteiger partial charge >= 0.3 is 0 Å². The molecule has 0 saturated heterocycles. The molecule has 0 aliphatic carbocycles. The van der Waals surface area contributed by atoms with Crippen molar-refractivity contribution in [2.75, 3.05) is 0 Å². The molecule has 2 aromatic rings. The summed E-state index contributed by atoms with van der Waals surface area (Å²) in [5, 5.41) is 15.5. The quantitative estimate of drug-likeness (QED) is 0.854. The summed E-state index contributed by atoms with van der Waals surface area (Å²) in [4.78, 5) is 11.7. The molecule has 0 saturated carbocycles. The van der Waals surface area contributed by atoms with Crippen LogP contribution in [-0.2, 0) is 6.54 Å². The first-order chi connectivity index (χ1) is 8.16. The van der Waals surface area contributed by atoms with Crippen molar-refractivity contribution in [3.8, 4) is 0 Å². The molecule has 8 heteroatoms. The van der Waals surface area contributed by atoms with Gasteiger partial charge in [0.2, 0.25) is 0 Å². The molecular formula is C9H7ClFN5O. The predicted molar refractivity (Wildman–Crippen MR) is 56.8 cm³/mol. The van der Waals surface area contributed by atoms with Crippen LogP contribution < -0.4 is 5.32 Å². The highest BCUT2D eigenvalue weighted by molar-refractivity contribution is 6.33. The Morgan fingerprint density at radius 3 is 3.00 bits per heavy atom. The molecule has 0 spiro atoms. The molecular weight excluding hydrogens is 249 g/mol. The van der Waals surface area contributed by atoms with Crippen molar-refractivity contribution >= 4 is 17.5 Å². The number of nitrogens with zero attached hydrogens (tertiary/aromatic N) is 3. The van der Waals surface area contributed by atoms with Gasteiger partial charge in [0.1, 0.15) is 5.82 Å². The lowest BCUT2D eigenvalue weighted by atomic mass is 10.2. The van der Waals surface area contributed by atoms with Gasteiger partial charge in [-0.1, -0.05) is 16.8 Å². The maximum atomic E-state index is 12.8. The number of benzene rings is 1. The van der Waals surface area contributed by atoms with Crippen molar-refractivity contribution in [1.29, 1.82) is 0 Å². The number of rotatable bonds is 3. The monoisotopic (exact) mass is 255 g/mol. The average Bonchev–Trinajstić information content (AvgIpc) is 2.78. The normalized spacial score (nSPS) is 10.2. The summed E-state index contributed by atoms with van der Waals surface area (Å²) < 4.78 is 12.8. The number of nitrogens with one attached hydrogen (secondary N) is 2. The van der Waals surface area contributed by atoms with Crippen LogP contribution in [0.2, 0.25) is 5.02 Å². The fraction of sp³-hybridized carbons (Fsp3) is 0.111. The summed E-state index contributed by atoms with van der Waals surface area (Å²) in [5.41, 5.74) is 0.191. The van der Waals surface area contributed by atoms with Gasteiger partial charge in [0.25, 0.3) is 5.91 Å². The van der Waals surface area contributed by atoms with Crippen LogP contribution in [0.3, 0.4) is 0 Å². The molecule has 0 radical (unpaired) electrons. The number of halogens is 2. The number of carbonyl (C=O) groups excluding carboxylic acids is 1. The molecule has 1 amide bonds. The van der Waals surface area contributed by atoms with Gasteiger partial charge in [-0.15, -0.1) is 10.2 Å². The molecule has 17 heavy (non-hydrogen) atoms. The summed E-state index contributed by atoms with van der Waals surface area (Å²) in [6, 6.07) is 3.54. The van der Waals surface area contributed by atoms with E-state index in [1.165, 1.54) is 6.07 Å². The first kappa shape index (κ1) is 11.5.